The van der Waals surface area contributed by atoms with Gasteiger partial charge in [-0.15, -0.1) is 0 Å². The van der Waals surface area contributed by atoms with E-state index in [4.69, 9.17) is 0 Å². The van der Waals surface area contributed by atoms with Crippen LogP contribution < -0.4 is 5.32 Å². The number of aryl methyl sites for hydroxylation is 1. The van der Waals surface area contributed by atoms with Crippen LogP contribution in [0.4, 0.5) is 0 Å². The van der Waals surface area contributed by atoms with E-state index in [9.17, 15) is 0 Å². The first-order valence-corrected chi connectivity index (χ1v) is 6.96. The highest BCUT2D eigenvalue weighted by Crippen LogP contribution is 2.34. The van der Waals surface area contributed by atoms with Crippen LogP contribution in [0.2, 0.25) is 0 Å². The van der Waals surface area contributed by atoms with Crippen LogP contribution in [0.25, 0.3) is 0 Å². The van der Waals surface area contributed by atoms with E-state index in [2.05, 4.69) is 30.2 Å². The van der Waals surface area contributed by atoms with Crippen molar-refractivity contribution >= 4 is 0 Å². The molecule has 2 nitrogen and oxygen atoms in total. The number of hydrogen-bond acceptors (Lipinski definition) is 2. The number of pyridine rings is 1. The van der Waals surface area contributed by atoms with Crippen LogP contribution in [0.3, 0.4) is 0 Å². The maximum absolute atomic E-state index is 4.34. The van der Waals surface area contributed by atoms with E-state index in [-0.39, 0.29) is 0 Å². The average molecular weight is 232 g/mol. The predicted molar refractivity (Wildman–Crippen MR) is 72.0 cm³/mol. The van der Waals surface area contributed by atoms with E-state index in [1.165, 1.54) is 43.2 Å². The molecule has 0 saturated heterocycles. The second-order valence-electron chi connectivity index (χ2n) is 5.23. The number of nitrogens with zero attached hydrogens (tertiary/aromatic N) is 1. The van der Waals surface area contributed by atoms with Crippen molar-refractivity contribution in [2.24, 2.45) is 5.92 Å². The van der Waals surface area contributed by atoms with Gasteiger partial charge in [0.25, 0.3) is 0 Å². The Balaban J connectivity index is 2.15. The first-order valence-electron chi connectivity index (χ1n) is 6.96. The Kier molecular flexibility index (Phi) is 4.55. The van der Waals surface area contributed by atoms with Gasteiger partial charge in [0.2, 0.25) is 0 Å². The summed E-state index contributed by atoms with van der Waals surface area (Å²) in [6.45, 7) is 5.36. The summed E-state index contributed by atoms with van der Waals surface area (Å²) >= 11 is 0. The van der Waals surface area contributed by atoms with Gasteiger partial charge in [-0.2, -0.15) is 0 Å². The molecular formula is C15H24N2. The topological polar surface area (TPSA) is 24.9 Å². The van der Waals surface area contributed by atoms with E-state index in [0.29, 0.717) is 6.04 Å². The fourth-order valence-electron chi connectivity index (χ4n) is 2.99. The minimum Gasteiger partial charge on any atom is -0.310 e. The summed E-state index contributed by atoms with van der Waals surface area (Å²) in [6.07, 6.45) is 10.9. The number of aromatic nitrogens is 1. The van der Waals surface area contributed by atoms with E-state index >= 15 is 0 Å². The lowest BCUT2D eigenvalue weighted by molar-refractivity contribution is 0.274. The van der Waals surface area contributed by atoms with E-state index in [1.807, 2.05) is 12.4 Å². The Hall–Kier alpha value is -0.890. The Morgan fingerprint density at radius 1 is 1.29 bits per heavy atom. The number of nitrogens with one attached hydrogen (secondary N) is 1. The normalized spacial score (nSPS) is 19.2. The molecule has 1 aliphatic rings. The molecule has 17 heavy (non-hydrogen) atoms. The largest absolute Gasteiger partial charge is 0.310 e. The van der Waals surface area contributed by atoms with Gasteiger partial charge in [0, 0.05) is 18.4 Å². The molecule has 0 bridgehead atoms. The van der Waals surface area contributed by atoms with Gasteiger partial charge < -0.3 is 5.32 Å². The van der Waals surface area contributed by atoms with Crippen LogP contribution in [-0.4, -0.2) is 11.5 Å². The van der Waals surface area contributed by atoms with E-state index in [0.717, 1.165) is 12.5 Å². The summed E-state index contributed by atoms with van der Waals surface area (Å²) in [4.78, 5) is 4.34. The monoisotopic (exact) mass is 232 g/mol. The zero-order valence-electron chi connectivity index (χ0n) is 11.1. The van der Waals surface area contributed by atoms with Gasteiger partial charge in [-0.05, 0) is 43.4 Å². The molecule has 0 radical (unpaired) electrons. The molecule has 94 valence electrons. The summed E-state index contributed by atoms with van der Waals surface area (Å²) in [7, 11) is 0. The summed E-state index contributed by atoms with van der Waals surface area (Å²) in [6, 6.07) is 2.79. The first-order chi connectivity index (χ1) is 8.31. The molecule has 0 spiro atoms. The fraction of sp³-hybridized carbons (Fsp3) is 0.667. The Morgan fingerprint density at radius 3 is 2.71 bits per heavy atom. The van der Waals surface area contributed by atoms with Crippen molar-refractivity contribution in [3.05, 3.63) is 29.6 Å². The molecule has 0 aromatic carbocycles. The third kappa shape index (κ3) is 3.29. The maximum atomic E-state index is 4.34. The SMILES string of the molecule is CCNC(c1cncc(C)c1)C1CCCCC1. The van der Waals surface area contributed by atoms with Gasteiger partial charge in [-0.3, -0.25) is 4.98 Å². The molecule has 1 saturated carbocycles. The smallest absolute Gasteiger partial charge is 0.0363 e. The predicted octanol–water partition coefficient (Wildman–Crippen LogP) is 3.62. The molecule has 2 heteroatoms. The second kappa shape index (κ2) is 6.15. The van der Waals surface area contributed by atoms with Crippen LogP contribution in [0.5, 0.6) is 0 Å². The van der Waals surface area contributed by atoms with E-state index in [1.54, 1.807) is 0 Å². The highest BCUT2D eigenvalue weighted by Gasteiger charge is 2.24. The molecular weight excluding hydrogens is 208 g/mol. The van der Waals surface area contributed by atoms with Crippen molar-refractivity contribution < 1.29 is 0 Å². The summed E-state index contributed by atoms with van der Waals surface area (Å²) < 4.78 is 0. The molecule has 1 atom stereocenters. The van der Waals surface area contributed by atoms with Crippen molar-refractivity contribution in [3.8, 4) is 0 Å². The molecule has 2 rings (SSSR count). The molecule has 1 heterocycles. The first kappa shape index (κ1) is 12.6. The molecule has 1 aliphatic carbocycles. The zero-order chi connectivity index (χ0) is 12.1. The standard InChI is InChI=1S/C15H24N2/c1-3-17-15(13-7-5-4-6-8-13)14-9-12(2)10-16-11-14/h9-11,13,15,17H,3-8H2,1-2H3. The van der Waals surface area contributed by atoms with Crippen LogP contribution >= 0.6 is 0 Å². The number of rotatable bonds is 4. The highest BCUT2D eigenvalue weighted by molar-refractivity contribution is 5.21. The zero-order valence-corrected chi connectivity index (χ0v) is 11.1. The molecule has 1 fully saturated rings. The lowest BCUT2D eigenvalue weighted by atomic mass is 9.81. The van der Waals surface area contributed by atoms with E-state index < -0.39 is 0 Å². The number of hydrogen-bond donors (Lipinski definition) is 1. The van der Waals surface area contributed by atoms with Gasteiger partial charge in [0.05, 0.1) is 0 Å². The molecule has 1 N–H and O–H groups in total. The minimum absolute atomic E-state index is 0.507. The molecule has 0 aliphatic heterocycles. The maximum Gasteiger partial charge on any atom is 0.0363 e. The van der Waals surface area contributed by atoms with Crippen molar-refractivity contribution in [1.82, 2.24) is 10.3 Å². The summed E-state index contributed by atoms with van der Waals surface area (Å²) in [5.41, 5.74) is 2.64. The van der Waals surface area contributed by atoms with Gasteiger partial charge in [0.15, 0.2) is 0 Å². The Labute approximate surface area is 105 Å². The molecule has 1 aromatic rings. The summed E-state index contributed by atoms with van der Waals surface area (Å²) in [5, 5.41) is 3.66. The van der Waals surface area contributed by atoms with Gasteiger partial charge in [0.1, 0.15) is 0 Å². The molecule has 0 amide bonds. The lowest BCUT2D eigenvalue weighted by Crippen LogP contribution is -2.29. The third-order valence-electron chi connectivity index (χ3n) is 3.80. The second-order valence-corrected chi connectivity index (χ2v) is 5.23. The van der Waals surface area contributed by atoms with Crippen molar-refractivity contribution in [2.75, 3.05) is 6.54 Å². The van der Waals surface area contributed by atoms with Crippen molar-refractivity contribution in [1.29, 1.82) is 0 Å². The fourth-order valence-corrected chi connectivity index (χ4v) is 2.99. The van der Waals surface area contributed by atoms with Crippen LogP contribution in [0.1, 0.15) is 56.2 Å². The van der Waals surface area contributed by atoms with Gasteiger partial charge in [-0.25, -0.2) is 0 Å². The summed E-state index contributed by atoms with van der Waals surface area (Å²) in [5.74, 6) is 0.798. The quantitative estimate of drug-likeness (QED) is 0.857. The molecule has 1 aromatic heterocycles. The molecule has 1 unspecified atom stereocenters. The lowest BCUT2D eigenvalue weighted by Gasteiger charge is -2.31. The van der Waals surface area contributed by atoms with Crippen molar-refractivity contribution in [3.63, 3.8) is 0 Å². The average Bonchev–Trinajstić information content (AvgIpc) is 2.37. The van der Waals surface area contributed by atoms with Crippen LogP contribution in [0, 0.1) is 12.8 Å². The third-order valence-corrected chi connectivity index (χ3v) is 3.80. The minimum atomic E-state index is 0.507. The van der Waals surface area contributed by atoms with Crippen LogP contribution in [0.15, 0.2) is 18.5 Å². The van der Waals surface area contributed by atoms with Gasteiger partial charge in [-0.1, -0.05) is 32.3 Å². The van der Waals surface area contributed by atoms with Gasteiger partial charge >= 0.3 is 0 Å². The highest BCUT2D eigenvalue weighted by atomic mass is 14.9. The van der Waals surface area contributed by atoms with Crippen molar-refractivity contribution in [2.45, 2.75) is 52.0 Å². The Morgan fingerprint density at radius 2 is 2.06 bits per heavy atom. The van der Waals surface area contributed by atoms with Crippen LogP contribution in [-0.2, 0) is 0 Å². The Bertz CT molecular complexity index is 343.